The summed E-state index contributed by atoms with van der Waals surface area (Å²) in [5.41, 5.74) is 0.315. The number of rotatable bonds is 6. The molecule has 0 aromatic heterocycles. The average Bonchev–Trinajstić information content (AvgIpc) is 2.28. The van der Waals surface area contributed by atoms with E-state index in [4.69, 9.17) is 16.7 Å². The summed E-state index contributed by atoms with van der Waals surface area (Å²) in [6.07, 6.45) is 0. The van der Waals surface area contributed by atoms with Crippen LogP contribution in [0.4, 0.5) is 4.39 Å². The second-order valence-electron chi connectivity index (χ2n) is 3.51. The molecule has 0 spiro atoms. The number of alkyl halides is 1. The van der Waals surface area contributed by atoms with Crippen LogP contribution in [0, 0.1) is 0 Å². The highest BCUT2D eigenvalue weighted by Gasteiger charge is 2.24. The van der Waals surface area contributed by atoms with Gasteiger partial charge in [0, 0.05) is 5.02 Å². The Morgan fingerprint density at radius 2 is 2.06 bits per heavy atom. The van der Waals surface area contributed by atoms with Crippen LogP contribution in [0.2, 0.25) is 5.02 Å². The van der Waals surface area contributed by atoms with E-state index in [1.54, 1.807) is 16.9 Å². The van der Waals surface area contributed by atoms with E-state index in [9.17, 15) is 17.6 Å². The molecule has 2 N–H and O–H groups in total. The zero-order chi connectivity index (χ0) is 13.8. The number of nitrogens with one attached hydrogen (secondary N) is 1. The highest BCUT2D eigenvalue weighted by atomic mass is 35.5. The Hall–Kier alpha value is -1.18. The summed E-state index contributed by atoms with van der Waals surface area (Å²) in [6, 6.07) is 4.45. The van der Waals surface area contributed by atoms with Crippen LogP contribution in [0.25, 0.3) is 0 Å². The zero-order valence-corrected chi connectivity index (χ0v) is 10.7. The van der Waals surface area contributed by atoms with Gasteiger partial charge in [-0.1, -0.05) is 29.8 Å². The lowest BCUT2D eigenvalue weighted by Gasteiger charge is -2.12. The number of sulfonamides is 1. The summed E-state index contributed by atoms with van der Waals surface area (Å²) < 4.78 is 37.3. The van der Waals surface area contributed by atoms with Gasteiger partial charge in [-0.3, -0.25) is 4.79 Å². The molecule has 0 amide bonds. The molecule has 1 atom stereocenters. The summed E-state index contributed by atoms with van der Waals surface area (Å²) in [5.74, 6) is -2.07. The maximum atomic E-state index is 12.3. The van der Waals surface area contributed by atoms with Crippen molar-refractivity contribution < 1.29 is 22.7 Å². The molecule has 0 heterocycles. The highest BCUT2D eigenvalue weighted by molar-refractivity contribution is 7.88. The normalized spacial score (nSPS) is 13.2. The largest absolute Gasteiger partial charge is 0.480 e. The molecule has 0 unspecified atom stereocenters. The molecule has 0 aliphatic heterocycles. The molecule has 0 aliphatic rings. The number of benzene rings is 1. The predicted octanol–water partition coefficient (Wildman–Crippen LogP) is 1.18. The van der Waals surface area contributed by atoms with E-state index in [-0.39, 0.29) is 5.02 Å². The van der Waals surface area contributed by atoms with Gasteiger partial charge < -0.3 is 5.11 Å². The first-order valence-electron chi connectivity index (χ1n) is 4.88. The number of hydrogen-bond acceptors (Lipinski definition) is 3. The third kappa shape index (κ3) is 4.25. The topological polar surface area (TPSA) is 83.5 Å². The highest BCUT2D eigenvalue weighted by Crippen LogP contribution is 2.17. The van der Waals surface area contributed by atoms with Gasteiger partial charge in [-0.05, 0) is 11.6 Å². The molecule has 0 aliphatic carbocycles. The third-order valence-electron chi connectivity index (χ3n) is 2.08. The second kappa shape index (κ2) is 6.12. The van der Waals surface area contributed by atoms with Gasteiger partial charge in [0.1, 0.15) is 12.7 Å². The van der Waals surface area contributed by atoms with Crippen LogP contribution in [0.3, 0.4) is 0 Å². The van der Waals surface area contributed by atoms with Crippen molar-refractivity contribution in [3.63, 3.8) is 0 Å². The lowest BCUT2D eigenvalue weighted by Crippen LogP contribution is -2.42. The Bertz CT molecular complexity index is 534. The molecule has 8 heteroatoms. The summed E-state index contributed by atoms with van der Waals surface area (Å²) >= 11 is 5.78. The summed E-state index contributed by atoms with van der Waals surface area (Å²) in [5, 5.41) is 8.81. The van der Waals surface area contributed by atoms with Gasteiger partial charge >= 0.3 is 5.97 Å². The molecule has 0 bridgehead atoms. The van der Waals surface area contributed by atoms with E-state index in [1.165, 1.54) is 12.1 Å². The predicted molar refractivity (Wildman–Crippen MR) is 64.6 cm³/mol. The van der Waals surface area contributed by atoms with Gasteiger partial charge in [-0.25, -0.2) is 12.8 Å². The van der Waals surface area contributed by atoms with Crippen molar-refractivity contribution in [1.29, 1.82) is 0 Å². The van der Waals surface area contributed by atoms with Crippen LogP contribution in [0.15, 0.2) is 24.3 Å². The van der Waals surface area contributed by atoms with Gasteiger partial charge in [0.25, 0.3) is 0 Å². The molecule has 0 fully saturated rings. The van der Waals surface area contributed by atoms with E-state index in [1.807, 2.05) is 0 Å². The minimum absolute atomic E-state index is 0.245. The van der Waals surface area contributed by atoms with Crippen LogP contribution in [-0.2, 0) is 20.6 Å². The maximum Gasteiger partial charge on any atom is 0.324 e. The minimum Gasteiger partial charge on any atom is -0.480 e. The van der Waals surface area contributed by atoms with Crippen molar-refractivity contribution in [3.8, 4) is 0 Å². The summed E-state index contributed by atoms with van der Waals surface area (Å²) in [6.45, 7) is -1.32. The number of carbonyl (C=O) groups is 1. The Morgan fingerprint density at radius 1 is 1.44 bits per heavy atom. The first-order chi connectivity index (χ1) is 8.35. The number of aliphatic carboxylic acids is 1. The molecule has 1 aromatic carbocycles. The van der Waals surface area contributed by atoms with Crippen molar-refractivity contribution >= 4 is 27.6 Å². The van der Waals surface area contributed by atoms with E-state index in [2.05, 4.69) is 0 Å². The zero-order valence-electron chi connectivity index (χ0n) is 9.14. The molecule has 0 saturated carbocycles. The van der Waals surface area contributed by atoms with Gasteiger partial charge in [0.15, 0.2) is 0 Å². The third-order valence-corrected chi connectivity index (χ3v) is 3.78. The summed E-state index contributed by atoms with van der Waals surface area (Å²) in [7, 11) is -3.97. The van der Waals surface area contributed by atoms with Crippen molar-refractivity contribution in [2.75, 3.05) is 6.67 Å². The Labute approximate surface area is 109 Å². The van der Waals surface area contributed by atoms with E-state index < -0.39 is 34.5 Å². The molecule has 18 heavy (non-hydrogen) atoms. The number of carboxylic acid groups (broad SMARTS) is 1. The second-order valence-corrected chi connectivity index (χ2v) is 5.67. The Morgan fingerprint density at radius 3 is 2.56 bits per heavy atom. The quantitative estimate of drug-likeness (QED) is 0.825. The molecule has 100 valence electrons. The fourth-order valence-corrected chi connectivity index (χ4v) is 2.85. The van der Waals surface area contributed by atoms with Gasteiger partial charge in [0.2, 0.25) is 10.0 Å². The minimum atomic E-state index is -3.97. The Balaban J connectivity index is 2.83. The monoisotopic (exact) mass is 295 g/mol. The first-order valence-corrected chi connectivity index (χ1v) is 6.91. The molecular formula is C10H11ClFNO4S. The molecule has 0 saturated heterocycles. The fraction of sp³-hybridized carbons (Fsp3) is 0.300. The van der Waals surface area contributed by atoms with Crippen molar-refractivity contribution in [2.24, 2.45) is 0 Å². The standard InChI is InChI=1S/C10H11ClFNO4S/c11-8-4-2-1-3-7(8)6-18(16,17)13-9(5-12)10(14)15/h1-4,9,13H,5-6H2,(H,14,15)/t9-/m1/s1. The lowest BCUT2D eigenvalue weighted by atomic mass is 10.2. The van der Waals surface area contributed by atoms with Crippen molar-refractivity contribution in [2.45, 2.75) is 11.8 Å². The van der Waals surface area contributed by atoms with Gasteiger partial charge in [-0.2, -0.15) is 4.72 Å². The van der Waals surface area contributed by atoms with Crippen LogP contribution in [0.5, 0.6) is 0 Å². The van der Waals surface area contributed by atoms with Crippen LogP contribution in [-0.4, -0.2) is 32.2 Å². The average molecular weight is 296 g/mol. The van der Waals surface area contributed by atoms with Crippen LogP contribution < -0.4 is 4.72 Å². The van der Waals surface area contributed by atoms with Crippen LogP contribution >= 0.6 is 11.6 Å². The molecular weight excluding hydrogens is 285 g/mol. The van der Waals surface area contributed by atoms with E-state index >= 15 is 0 Å². The fourth-order valence-electron chi connectivity index (χ4n) is 1.23. The van der Waals surface area contributed by atoms with Gasteiger partial charge in [0.05, 0.1) is 5.75 Å². The maximum absolute atomic E-state index is 12.3. The van der Waals surface area contributed by atoms with E-state index in [0.29, 0.717) is 5.56 Å². The molecule has 0 radical (unpaired) electrons. The first kappa shape index (κ1) is 14.9. The number of halogens is 2. The Kier molecular flexibility index (Phi) is 5.06. The van der Waals surface area contributed by atoms with E-state index in [0.717, 1.165) is 0 Å². The van der Waals surface area contributed by atoms with Crippen molar-refractivity contribution in [1.82, 2.24) is 4.72 Å². The van der Waals surface area contributed by atoms with Gasteiger partial charge in [-0.15, -0.1) is 0 Å². The van der Waals surface area contributed by atoms with Crippen LogP contribution in [0.1, 0.15) is 5.56 Å². The summed E-state index contributed by atoms with van der Waals surface area (Å²) in [4.78, 5) is 10.5. The smallest absolute Gasteiger partial charge is 0.324 e. The molecule has 5 nitrogen and oxygen atoms in total. The SMILES string of the molecule is O=C(O)[C@@H](CF)NS(=O)(=O)Cc1ccccc1Cl. The number of carboxylic acids is 1. The number of hydrogen-bond donors (Lipinski definition) is 2. The van der Waals surface area contributed by atoms with Crippen molar-refractivity contribution in [3.05, 3.63) is 34.9 Å². The molecule has 1 rings (SSSR count). The molecule has 1 aromatic rings. The lowest BCUT2D eigenvalue weighted by molar-refractivity contribution is -0.139.